The molecule has 1 atom stereocenters. The third-order valence-corrected chi connectivity index (χ3v) is 5.68. The Morgan fingerprint density at radius 3 is 2.63 bits per heavy atom. The Morgan fingerprint density at radius 2 is 1.93 bits per heavy atom. The van der Waals surface area contributed by atoms with Gasteiger partial charge in [-0.25, -0.2) is 9.78 Å². The molecule has 3 aromatic rings. The Hall–Kier alpha value is -2.33. The molecule has 0 bridgehead atoms. The molecule has 8 heteroatoms. The SMILES string of the molecule is COc1ccc2c(c1OC)C(=O)O[C@@H]2Nc1nc(-c2ccc(I)cc2)cs1. The molecule has 0 fully saturated rings. The van der Waals surface area contributed by atoms with E-state index in [1.54, 1.807) is 12.1 Å². The molecule has 0 radical (unpaired) electrons. The number of cyclic esters (lactones) is 1. The highest BCUT2D eigenvalue weighted by Crippen LogP contribution is 2.42. The van der Waals surface area contributed by atoms with Crippen LogP contribution in [0, 0.1) is 3.57 Å². The van der Waals surface area contributed by atoms with Gasteiger partial charge in [0.05, 0.1) is 19.9 Å². The standard InChI is InChI=1S/C19H15IN2O4S/c1-24-14-8-7-12-15(16(14)25-2)18(23)26-17(12)22-19-21-13(9-27-19)10-3-5-11(20)6-4-10/h3-9,17H,1-2H3,(H,21,22)/t17-/m0/s1. The molecule has 1 aliphatic heterocycles. The average molecular weight is 494 g/mol. The van der Waals surface area contributed by atoms with Crippen molar-refractivity contribution < 1.29 is 19.0 Å². The van der Waals surface area contributed by atoms with E-state index in [1.165, 1.54) is 29.1 Å². The number of thiazole rings is 1. The molecule has 0 amide bonds. The number of anilines is 1. The van der Waals surface area contributed by atoms with Crippen molar-refractivity contribution in [3.63, 3.8) is 0 Å². The number of nitrogens with one attached hydrogen (secondary N) is 1. The summed E-state index contributed by atoms with van der Waals surface area (Å²) in [6.07, 6.45) is -0.622. The quantitative estimate of drug-likeness (QED) is 0.409. The molecule has 2 aromatic carbocycles. The van der Waals surface area contributed by atoms with Crippen LogP contribution in [0.1, 0.15) is 22.1 Å². The van der Waals surface area contributed by atoms with Gasteiger partial charge in [0, 0.05) is 20.1 Å². The molecule has 0 unspecified atom stereocenters. The van der Waals surface area contributed by atoms with Gasteiger partial charge < -0.3 is 19.5 Å². The Morgan fingerprint density at radius 1 is 1.15 bits per heavy atom. The molecule has 0 spiro atoms. The van der Waals surface area contributed by atoms with Crippen LogP contribution in [-0.2, 0) is 4.74 Å². The lowest BCUT2D eigenvalue weighted by Crippen LogP contribution is -2.10. The molecule has 138 valence electrons. The van der Waals surface area contributed by atoms with Gasteiger partial charge in [-0.15, -0.1) is 11.3 Å². The minimum atomic E-state index is -0.622. The second-order valence-electron chi connectivity index (χ2n) is 5.74. The maximum Gasteiger partial charge on any atom is 0.344 e. The second kappa shape index (κ2) is 7.35. The number of hydrogen-bond donors (Lipinski definition) is 1. The molecule has 0 saturated heterocycles. The van der Waals surface area contributed by atoms with E-state index in [0.717, 1.165) is 11.3 Å². The van der Waals surface area contributed by atoms with Crippen molar-refractivity contribution in [3.8, 4) is 22.8 Å². The maximum atomic E-state index is 12.4. The Balaban J connectivity index is 1.61. The third-order valence-electron chi connectivity index (χ3n) is 4.19. The van der Waals surface area contributed by atoms with E-state index in [4.69, 9.17) is 14.2 Å². The number of rotatable bonds is 5. The zero-order valence-electron chi connectivity index (χ0n) is 14.5. The highest BCUT2D eigenvalue weighted by Gasteiger charge is 2.36. The first kappa shape index (κ1) is 18.1. The number of hydrogen-bond acceptors (Lipinski definition) is 7. The van der Waals surface area contributed by atoms with E-state index in [1.807, 2.05) is 29.6 Å². The molecule has 1 N–H and O–H groups in total. The lowest BCUT2D eigenvalue weighted by Gasteiger charge is -2.13. The van der Waals surface area contributed by atoms with E-state index in [9.17, 15) is 4.79 Å². The van der Waals surface area contributed by atoms with Crippen LogP contribution in [0.2, 0.25) is 0 Å². The van der Waals surface area contributed by atoms with E-state index >= 15 is 0 Å². The van der Waals surface area contributed by atoms with Crippen molar-refractivity contribution in [1.29, 1.82) is 0 Å². The van der Waals surface area contributed by atoms with Gasteiger partial charge in [0.15, 0.2) is 16.6 Å². The summed E-state index contributed by atoms with van der Waals surface area (Å²) in [5, 5.41) is 5.82. The third kappa shape index (κ3) is 3.34. The summed E-state index contributed by atoms with van der Waals surface area (Å²) >= 11 is 3.73. The fraction of sp³-hybridized carbons (Fsp3) is 0.158. The molecule has 1 aliphatic rings. The Kier molecular flexibility index (Phi) is 4.92. The zero-order valence-corrected chi connectivity index (χ0v) is 17.5. The van der Waals surface area contributed by atoms with Gasteiger partial charge in [-0.2, -0.15) is 0 Å². The molecule has 0 aliphatic carbocycles. The Bertz CT molecular complexity index is 1000. The number of carbonyl (C=O) groups is 1. The van der Waals surface area contributed by atoms with E-state index in [0.29, 0.717) is 27.8 Å². The summed E-state index contributed by atoms with van der Waals surface area (Å²) in [7, 11) is 3.03. The molecule has 1 aromatic heterocycles. The van der Waals surface area contributed by atoms with Gasteiger partial charge in [-0.1, -0.05) is 12.1 Å². The lowest BCUT2D eigenvalue weighted by atomic mass is 10.1. The van der Waals surface area contributed by atoms with Crippen molar-refractivity contribution in [2.45, 2.75) is 6.23 Å². The van der Waals surface area contributed by atoms with Crippen LogP contribution in [0.15, 0.2) is 41.8 Å². The molecule has 6 nitrogen and oxygen atoms in total. The van der Waals surface area contributed by atoms with Crippen molar-refractivity contribution in [2.24, 2.45) is 0 Å². The number of fused-ring (bicyclic) bond motifs is 1. The topological polar surface area (TPSA) is 69.7 Å². The molecule has 0 saturated carbocycles. The lowest BCUT2D eigenvalue weighted by molar-refractivity contribution is 0.0435. The number of nitrogens with zero attached hydrogens (tertiary/aromatic N) is 1. The highest BCUT2D eigenvalue weighted by molar-refractivity contribution is 14.1. The van der Waals surface area contributed by atoms with Crippen LogP contribution in [0.5, 0.6) is 11.5 Å². The number of halogens is 1. The van der Waals surface area contributed by atoms with Crippen molar-refractivity contribution in [2.75, 3.05) is 19.5 Å². The van der Waals surface area contributed by atoms with Gasteiger partial charge in [-0.05, 0) is 46.9 Å². The van der Waals surface area contributed by atoms with Crippen molar-refractivity contribution >= 4 is 45.0 Å². The van der Waals surface area contributed by atoms with Crippen molar-refractivity contribution in [1.82, 2.24) is 4.98 Å². The fourth-order valence-corrected chi connectivity index (χ4v) is 4.01. The summed E-state index contributed by atoms with van der Waals surface area (Å²) in [6, 6.07) is 11.7. The predicted molar refractivity (Wildman–Crippen MR) is 112 cm³/mol. The number of carbonyl (C=O) groups excluding carboxylic acids is 1. The smallest absolute Gasteiger partial charge is 0.344 e. The van der Waals surface area contributed by atoms with Crippen LogP contribution in [0.3, 0.4) is 0 Å². The number of aromatic nitrogens is 1. The van der Waals surface area contributed by atoms with Crippen LogP contribution < -0.4 is 14.8 Å². The minimum absolute atomic E-state index is 0.378. The number of esters is 1. The summed E-state index contributed by atoms with van der Waals surface area (Å²) in [6.45, 7) is 0. The number of methoxy groups -OCH3 is 2. The minimum Gasteiger partial charge on any atom is -0.493 e. The van der Waals surface area contributed by atoms with E-state index in [2.05, 4.69) is 32.9 Å². The monoisotopic (exact) mass is 494 g/mol. The van der Waals surface area contributed by atoms with E-state index in [-0.39, 0.29) is 0 Å². The van der Waals surface area contributed by atoms with Crippen LogP contribution in [0.4, 0.5) is 5.13 Å². The van der Waals surface area contributed by atoms with Gasteiger partial charge in [-0.3, -0.25) is 0 Å². The fourth-order valence-electron chi connectivity index (χ4n) is 2.91. The largest absolute Gasteiger partial charge is 0.493 e. The maximum absolute atomic E-state index is 12.4. The van der Waals surface area contributed by atoms with Crippen LogP contribution >= 0.6 is 33.9 Å². The van der Waals surface area contributed by atoms with Gasteiger partial charge in [0.1, 0.15) is 5.56 Å². The first-order valence-electron chi connectivity index (χ1n) is 8.04. The molecule has 2 heterocycles. The summed E-state index contributed by atoms with van der Waals surface area (Å²) < 4.78 is 17.3. The molecule has 4 rings (SSSR count). The predicted octanol–water partition coefficient (Wildman–Crippen LogP) is 4.71. The number of benzene rings is 2. The van der Waals surface area contributed by atoms with Gasteiger partial charge in [0.2, 0.25) is 6.23 Å². The molecule has 27 heavy (non-hydrogen) atoms. The molecular formula is C19H15IN2O4S. The zero-order chi connectivity index (χ0) is 19.0. The highest BCUT2D eigenvalue weighted by atomic mass is 127. The Labute approximate surface area is 173 Å². The number of ether oxygens (including phenoxy) is 3. The van der Waals surface area contributed by atoms with Gasteiger partial charge >= 0.3 is 5.97 Å². The summed E-state index contributed by atoms with van der Waals surface area (Å²) in [5.41, 5.74) is 2.98. The normalized spacial score (nSPS) is 15.2. The van der Waals surface area contributed by atoms with E-state index < -0.39 is 12.2 Å². The van der Waals surface area contributed by atoms with Crippen LogP contribution in [0.25, 0.3) is 11.3 Å². The summed E-state index contributed by atoms with van der Waals surface area (Å²) in [4.78, 5) is 17.0. The van der Waals surface area contributed by atoms with Gasteiger partial charge in [0.25, 0.3) is 0 Å². The first-order chi connectivity index (χ1) is 13.1. The van der Waals surface area contributed by atoms with Crippen molar-refractivity contribution in [3.05, 3.63) is 56.5 Å². The first-order valence-corrected chi connectivity index (χ1v) is 10.0. The molecular weight excluding hydrogens is 479 g/mol. The second-order valence-corrected chi connectivity index (χ2v) is 7.84. The van der Waals surface area contributed by atoms with Crippen LogP contribution in [-0.4, -0.2) is 25.2 Å². The average Bonchev–Trinajstić information content (AvgIpc) is 3.27. The summed E-state index contributed by atoms with van der Waals surface area (Å²) in [5.74, 6) is 0.416.